The van der Waals surface area contributed by atoms with E-state index in [2.05, 4.69) is 10.6 Å². The van der Waals surface area contributed by atoms with Gasteiger partial charge in [0.25, 0.3) is 0 Å². The molecule has 2 atom stereocenters. The van der Waals surface area contributed by atoms with E-state index in [1.54, 1.807) is 19.2 Å². The average molecular weight is 308 g/mol. The van der Waals surface area contributed by atoms with E-state index in [4.69, 9.17) is 4.74 Å². The largest absolute Gasteiger partial charge is 0.495 e. The third-order valence-electron chi connectivity index (χ3n) is 3.53. The molecule has 0 aromatic heterocycles. The lowest BCUT2D eigenvalue weighted by molar-refractivity contribution is -0.116. The number of carbonyl (C=O) groups excluding carboxylic acids is 1. The van der Waals surface area contributed by atoms with Gasteiger partial charge in [-0.05, 0) is 24.5 Å². The van der Waals surface area contributed by atoms with Crippen LogP contribution < -0.4 is 15.4 Å². The maximum Gasteiger partial charge on any atom is 0.226 e. The van der Waals surface area contributed by atoms with Crippen LogP contribution in [-0.4, -0.2) is 36.8 Å². The maximum absolute atomic E-state index is 12.1. The highest BCUT2D eigenvalue weighted by Gasteiger charge is 2.22. The lowest BCUT2D eigenvalue weighted by Gasteiger charge is -2.27. The normalized spacial score (nSPS) is 14.3. The molecule has 5 heteroatoms. The van der Waals surface area contributed by atoms with E-state index in [-0.39, 0.29) is 17.4 Å². The van der Waals surface area contributed by atoms with Gasteiger partial charge in [0, 0.05) is 19.0 Å². The number of benzene rings is 1. The quantitative estimate of drug-likeness (QED) is 0.723. The number of anilines is 1. The third-order valence-corrected chi connectivity index (χ3v) is 3.53. The van der Waals surface area contributed by atoms with E-state index in [1.807, 2.05) is 39.8 Å². The van der Waals surface area contributed by atoms with E-state index >= 15 is 0 Å². The topological polar surface area (TPSA) is 70.6 Å². The first-order chi connectivity index (χ1) is 10.2. The van der Waals surface area contributed by atoms with Crippen LogP contribution >= 0.6 is 0 Å². The molecule has 124 valence electrons. The number of hydrogen-bond acceptors (Lipinski definition) is 4. The van der Waals surface area contributed by atoms with Crippen LogP contribution in [0.4, 0.5) is 5.69 Å². The molecule has 0 radical (unpaired) electrons. The van der Waals surface area contributed by atoms with E-state index in [9.17, 15) is 9.90 Å². The molecule has 0 fully saturated rings. The van der Waals surface area contributed by atoms with Gasteiger partial charge in [-0.1, -0.05) is 32.9 Å². The summed E-state index contributed by atoms with van der Waals surface area (Å²) in [5, 5.41) is 16.0. The van der Waals surface area contributed by atoms with Crippen molar-refractivity contribution in [3.8, 4) is 5.75 Å². The molecule has 5 nitrogen and oxygen atoms in total. The fraction of sp³-hybridized carbons (Fsp3) is 0.588. The Labute approximate surface area is 133 Å². The molecule has 1 aromatic rings. The van der Waals surface area contributed by atoms with Crippen LogP contribution in [0.15, 0.2) is 24.3 Å². The number of carbonyl (C=O) groups is 1. The Morgan fingerprint density at radius 1 is 1.32 bits per heavy atom. The highest BCUT2D eigenvalue weighted by atomic mass is 16.5. The van der Waals surface area contributed by atoms with Gasteiger partial charge in [0.2, 0.25) is 5.91 Å². The number of aliphatic hydroxyl groups excluding tert-OH is 1. The van der Waals surface area contributed by atoms with Gasteiger partial charge >= 0.3 is 0 Å². The zero-order valence-corrected chi connectivity index (χ0v) is 14.1. The number of para-hydroxylation sites is 2. The summed E-state index contributed by atoms with van der Waals surface area (Å²) in [4.78, 5) is 12.1. The van der Waals surface area contributed by atoms with E-state index in [0.29, 0.717) is 24.4 Å². The van der Waals surface area contributed by atoms with Crippen LogP contribution in [0.25, 0.3) is 0 Å². The van der Waals surface area contributed by atoms with Crippen molar-refractivity contribution in [2.75, 3.05) is 19.0 Å². The Morgan fingerprint density at radius 2 is 1.95 bits per heavy atom. The first-order valence-electron chi connectivity index (χ1n) is 7.58. The van der Waals surface area contributed by atoms with E-state index in [1.165, 1.54) is 0 Å². The van der Waals surface area contributed by atoms with Gasteiger partial charge in [0.05, 0.1) is 18.9 Å². The van der Waals surface area contributed by atoms with Crippen molar-refractivity contribution < 1.29 is 14.6 Å². The fourth-order valence-corrected chi connectivity index (χ4v) is 1.92. The summed E-state index contributed by atoms with van der Waals surface area (Å²) < 4.78 is 5.20. The summed E-state index contributed by atoms with van der Waals surface area (Å²) in [6.45, 7) is 8.35. The first kappa shape index (κ1) is 18.5. The second-order valence-electron chi connectivity index (χ2n) is 6.64. The highest BCUT2D eigenvalue weighted by molar-refractivity contribution is 5.92. The number of rotatable bonds is 7. The summed E-state index contributed by atoms with van der Waals surface area (Å²) in [6, 6.07) is 7.29. The van der Waals surface area contributed by atoms with Crippen molar-refractivity contribution in [1.82, 2.24) is 5.32 Å². The van der Waals surface area contributed by atoms with Gasteiger partial charge < -0.3 is 20.5 Å². The number of aliphatic hydroxyl groups is 1. The second-order valence-corrected chi connectivity index (χ2v) is 6.64. The smallest absolute Gasteiger partial charge is 0.226 e. The Bertz CT molecular complexity index is 483. The number of ether oxygens (including phenoxy) is 1. The first-order valence-corrected chi connectivity index (χ1v) is 7.58. The van der Waals surface area contributed by atoms with Crippen LogP contribution in [0.1, 0.15) is 34.1 Å². The molecule has 0 aliphatic heterocycles. The average Bonchev–Trinajstić information content (AvgIpc) is 2.44. The van der Waals surface area contributed by atoms with Gasteiger partial charge in [-0.3, -0.25) is 4.79 Å². The van der Waals surface area contributed by atoms with Gasteiger partial charge in [0.15, 0.2) is 0 Å². The molecule has 0 saturated carbocycles. The summed E-state index contributed by atoms with van der Waals surface area (Å²) in [5.41, 5.74) is 0.490. The van der Waals surface area contributed by atoms with Crippen molar-refractivity contribution >= 4 is 11.6 Å². The number of hydrogen-bond donors (Lipinski definition) is 3. The SMILES string of the molecule is COc1ccccc1NC(=O)CC(C)NCC(O)C(C)(C)C. The predicted octanol–water partition coefficient (Wildman–Crippen LogP) is 2.41. The summed E-state index contributed by atoms with van der Waals surface area (Å²) in [6.07, 6.45) is -0.123. The minimum atomic E-state index is -0.452. The molecule has 22 heavy (non-hydrogen) atoms. The highest BCUT2D eigenvalue weighted by Crippen LogP contribution is 2.23. The van der Waals surface area contributed by atoms with Crippen molar-refractivity contribution in [2.45, 2.75) is 46.3 Å². The molecule has 0 aliphatic rings. The molecule has 0 heterocycles. The van der Waals surface area contributed by atoms with Crippen LogP contribution in [0.3, 0.4) is 0 Å². The molecular weight excluding hydrogens is 280 g/mol. The summed E-state index contributed by atoms with van der Waals surface area (Å²) >= 11 is 0. The number of amides is 1. The van der Waals surface area contributed by atoms with Crippen LogP contribution in [0, 0.1) is 5.41 Å². The zero-order valence-electron chi connectivity index (χ0n) is 14.1. The number of methoxy groups -OCH3 is 1. The minimum Gasteiger partial charge on any atom is -0.495 e. The second kappa shape index (κ2) is 8.15. The van der Waals surface area contributed by atoms with Crippen LogP contribution in [0.5, 0.6) is 5.75 Å². The molecule has 2 unspecified atom stereocenters. The molecule has 0 saturated heterocycles. The molecular formula is C17H28N2O3. The molecule has 1 amide bonds. The monoisotopic (exact) mass is 308 g/mol. The standard InChI is InChI=1S/C17H28N2O3/c1-12(18-11-15(20)17(2,3)4)10-16(21)19-13-8-6-7-9-14(13)22-5/h6-9,12,15,18,20H,10-11H2,1-5H3,(H,19,21). The maximum atomic E-state index is 12.1. The lowest BCUT2D eigenvalue weighted by Crippen LogP contribution is -2.41. The molecule has 0 bridgehead atoms. The molecule has 3 N–H and O–H groups in total. The third kappa shape index (κ3) is 6.03. The van der Waals surface area contributed by atoms with Crippen molar-refractivity contribution in [1.29, 1.82) is 0 Å². The van der Waals surface area contributed by atoms with Crippen LogP contribution in [-0.2, 0) is 4.79 Å². The van der Waals surface area contributed by atoms with Gasteiger partial charge in [-0.2, -0.15) is 0 Å². The van der Waals surface area contributed by atoms with Gasteiger partial charge in [-0.15, -0.1) is 0 Å². The van der Waals surface area contributed by atoms with Crippen molar-refractivity contribution in [3.05, 3.63) is 24.3 Å². The Balaban J connectivity index is 2.44. The molecule has 0 aliphatic carbocycles. The van der Waals surface area contributed by atoms with Crippen molar-refractivity contribution in [2.24, 2.45) is 5.41 Å². The fourth-order valence-electron chi connectivity index (χ4n) is 1.92. The molecule has 1 rings (SSSR count). The van der Waals surface area contributed by atoms with Crippen molar-refractivity contribution in [3.63, 3.8) is 0 Å². The zero-order chi connectivity index (χ0) is 16.8. The Hall–Kier alpha value is -1.59. The van der Waals surface area contributed by atoms with Gasteiger partial charge in [-0.25, -0.2) is 0 Å². The number of nitrogens with one attached hydrogen (secondary N) is 2. The van der Waals surface area contributed by atoms with E-state index in [0.717, 1.165) is 0 Å². The lowest BCUT2D eigenvalue weighted by atomic mass is 9.89. The molecule has 1 aromatic carbocycles. The Morgan fingerprint density at radius 3 is 2.55 bits per heavy atom. The van der Waals surface area contributed by atoms with E-state index < -0.39 is 6.10 Å². The summed E-state index contributed by atoms with van der Waals surface area (Å²) in [7, 11) is 1.57. The predicted molar refractivity (Wildman–Crippen MR) is 89.2 cm³/mol. The van der Waals surface area contributed by atoms with Crippen LogP contribution in [0.2, 0.25) is 0 Å². The minimum absolute atomic E-state index is 0.0216. The van der Waals surface area contributed by atoms with Gasteiger partial charge in [0.1, 0.15) is 5.75 Å². The Kier molecular flexibility index (Phi) is 6.84. The summed E-state index contributed by atoms with van der Waals surface area (Å²) in [5.74, 6) is 0.550. The molecule has 0 spiro atoms.